The first-order chi connectivity index (χ1) is 8.29. The molecule has 0 aliphatic heterocycles. The largest absolute Gasteiger partial charge is 0.469 e. The topological polar surface area (TPSA) is 13.1 Å². The second-order valence-electron chi connectivity index (χ2n) is 4.62. The smallest absolute Gasteiger partial charge is 0.104 e. The molecule has 0 bridgehead atoms. The highest BCUT2D eigenvalue weighted by atomic mass is 16.3. The van der Waals surface area contributed by atoms with E-state index in [0.29, 0.717) is 0 Å². The average molecular weight is 228 g/mol. The first kappa shape index (κ1) is 12.0. The summed E-state index contributed by atoms with van der Waals surface area (Å²) in [5.74, 6) is 1.11. The molecule has 2 rings (SSSR count). The van der Waals surface area contributed by atoms with Gasteiger partial charge in [-0.15, -0.1) is 0 Å². The molecule has 1 nitrogen and oxygen atoms in total. The minimum absolute atomic E-state index is 1.06. The van der Waals surface area contributed by atoms with Gasteiger partial charge in [-0.2, -0.15) is 0 Å². The normalized spacial score (nSPS) is 10.7. The number of aryl methyl sites for hydroxylation is 2. The van der Waals surface area contributed by atoms with E-state index in [1.54, 1.807) is 0 Å². The van der Waals surface area contributed by atoms with Gasteiger partial charge in [0.25, 0.3) is 0 Å². The van der Waals surface area contributed by atoms with Gasteiger partial charge in [-0.05, 0) is 25.0 Å². The van der Waals surface area contributed by atoms with Crippen molar-refractivity contribution in [2.75, 3.05) is 0 Å². The fourth-order valence-corrected chi connectivity index (χ4v) is 1.96. The van der Waals surface area contributed by atoms with Gasteiger partial charge in [0.15, 0.2) is 0 Å². The predicted molar refractivity (Wildman–Crippen MR) is 72.1 cm³/mol. The summed E-state index contributed by atoms with van der Waals surface area (Å²) < 4.78 is 5.60. The minimum Gasteiger partial charge on any atom is -0.469 e. The van der Waals surface area contributed by atoms with Gasteiger partial charge in [0.05, 0.1) is 6.26 Å². The van der Waals surface area contributed by atoms with E-state index in [1.807, 2.05) is 6.26 Å². The van der Waals surface area contributed by atoms with E-state index in [2.05, 4.69) is 44.2 Å². The van der Waals surface area contributed by atoms with Crippen LogP contribution in [0.5, 0.6) is 0 Å². The Labute approximate surface area is 103 Å². The molecule has 0 unspecified atom stereocenters. The zero-order valence-electron chi connectivity index (χ0n) is 10.7. The molecule has 1 aromatic carbocycles. The van der Waals surface area contributed by atoms with Crippen molar-refractivity contribution in [1.82, 2.24) is 0 Å². The number of benzene rings is 1. The fourth-order valence-electron chi connectivity index (χ4n) is 1.96. The maximum atomic E-state index is 5.60. The van der Waals surface area contributed by atoms with Crippen molar-refractivity contribution in [2.45, 2.75) is 39.5 Å². The Balaban J connectivity index is 2.04. The second-order valence-corrected chi connectivity index (χ2v) is 4.62. The van der Waals surface area contributed by atoms with Crippen LogP contribution in [0.25, 0.3) is 11.1 Å². The van der Waals surface area contributed by atoms with Crippen LogP contribution < -0.4 is 0 Å². The summed E-state index contributed by atoms with van der Waals surface area (Å²) in [5, 5.41) is 0. The molecule has 0 atom stereocenters. The Hall–Kier alpha value is -1.50. The van der Waals surface area contributed by atoms with Gasteiger partial charge in [0, 0.05) is 12.0 Å². The number of hydrogen-bond donors (Lipinski definition) is 0. The van der Waals surface area contributed by atoms with Crippen LogP contribution in [0.4, 0.5) is 0 Å². The SMILES string of the molecule is CCCCCc1cc(-c2ccc(C)cc2)co1. The zero-order valence-corrected chi connectivity index (χ0v) is 10.7. The number of hydrogen-bond acceptors (Lipinski definition) is 1. The zero-order chi connectivity index (χ0) is 12.1. The van der Waals surface area contributed by atoms with Gasteiger partial charge < -0.3 is 4.42 Å². The van der Waals surface area contributed by atoms with Gasteiger partial charge in [0.2, 0.25) is 0 Å². The summed E-state index contributed by atoms with van der Waals surface area (Å²) in [6.07, 6.45) is 6.68. The Bertz CT molecular complexity index is 451. The van der Waals surface area contributed by atoms with E-state index in [1.165, 1.54) is 36.0 Å². The van der Waals surface area contributed by atoms with Crippen molar-refractivity contribution in [3.63, 3.8) is 0 Å². The van der Waals surface area contributed by atoms with Crippen molar-refractivity contribution in [1.29, 1.82) is 0 Å². The Morgan fingerprint density at radius 3 is 2.47 bits per heavy atom. The highest BCUT2D eigenvalue weighted by Crippen LogP contribution is 2.23. The van der Waals surface area contributed by atoms with E-state index in [4.69, 9.17) is 4.42 Å². The summed E-state index contributed by atoms with van der Waals surface area (Å²) in [6, 6.07) is 10.7. The molecule has 0 N–H and O–H groups in total. The van der Waals surface area contributed by atoms with Crippen LogP contribution in [-0.2, 0) is 6.42 Å². The molecule has 17 heavy (non-hydrogen) atoms. The lowest BCUT2D eigenvalue weighted by atomic mass is 10.1. The Morgan fingerprint density at radius 2 is 1.76 bits per heavy atom. The predicted octanol–water partition coefficient (Wildman–Crippen LogP) is 4.99. The summed E-state index contributed by atoms with van der Waals surface area (Å²) in [6.45, 7) is 4.33. The Kier molecular flexibility index (Phi) is 4.03. The third-order valence-corrected chi connectivity index (χ3v) is 3.07. The van der Waals surface area contributed by atoms with Gasteiger partial charge in [-0.25, -0.2) is 0 Å². The molecule has 0 amide bonds. The van der Waals surface area contributed by atoms with E-state index in [9.17, 15) is 0 Å². The number of furan rings is 1. The van der Waals surface area contributed by atoms with E-state index in [0.717, 1.165) is 12.2 Å². The molecule has 0 saturated heterocycles. The molecular formula is C16H20O. The maximum absolute atomic E-state index is 5.60. The number of rotatable bonds is 5. The Morgan fingerprint density at radius 1 is 1.00 bits per heavy atom. The van der Waals surface area contributed by atoms with E-state index >= 15 is 0 Å². The molecule has 2 aromatic rings. The van der Waals surface area contributed by atoms with Crippen LogP contribution in [0.1, 0.15) is 37.5 Å². The van der Waals surface area contributed by atoms with Crippen LogP contribution in [-0.4, -0.2) is 0 Å². The summed E-state index contributed by atoms with van der Waals surface area (Å²) in [5.41, 5.74) is 3.72. The molecule has 1 heterocycles. The van der Waals surface area contributed by atoms with Gasteiger partial charge in [-0.1, -0.05) is 49.6 Å². The van der Waals surface area contributed by atoms with Gasteiger partial charge in [-0.3, -0.25) is 0 Å². The van der Waals surface area contributed by atoms with Crippen LogP contribution >= 0.6 is 0 Å². The van der Waals surface area contributed by atoms with Crippen LogP contribution in [0.15, 0.2) is 41.0 Å². The lowest BCUT2D eigenvalue weighted by molar-refractivity contribution is 0.497. The first-order valence-electron chi connectivity index (χ1n) is 6.44. The molecule has 0 saturated carbocycles. The van der Waals surface area contributed by atoms with Crippen LogP contribution in [0.2, 0.25) is 0 Å². The summed E-state index contributed by atoms with van der Waals surface area (Å²) in [7, 11) is 0. The van der Waals surface area contributed by atoms with Crippen molar-refractivity contribution in [3.05, 3.63) is 47.9 Å². The molecule has 0 spiro atoms. The summed E-state index contributed by atoms with van der Waals surface area (Å²) >= 11 is 0. The fraction of sp³-hybridized carbons (Fsp3) is 0.375. The number of unbranched alkanes of at least 4 members (excludes halogenated alkanes) is 2. The van der Waals surface area contributed by atoms with Crippen molar-refractivity contribution < 1.29 is 4.42 Å². The molecule has 0 aliphatic carbocycles. The third kappa shape index (κ3) is 3.23. The lowest BCUT2D eigenvalue weighted by Crippen LogP contribution is -1.81. The highest BCUT2D eigenvalue weighted by molar-refractivity contribution is 5.62. The lowest BCUT2D eigenvalue weighted by Gasteiger charge is -1.97. The van der Waals surface area contributed by atoms with Gasteiger partial charge >= 0.3 is 0 Å². The molecule has 0 radical (unpaired) electrons. The van der Waals surface area contributed by atoms with Crippen LogP contribution in [0, 0.1) is 6.92 Å². The second kappa shape index (κ2) is 5.72. The van der Waals surface area contributed by atoms with E-state index in [-0.39, 0.29) is 0 Å². The van der Waals surface area contributed by atoms with Gasteiger partial charge in [0.1, 0.15) is 5.76 Å². The van der Waals surface area contributed by atoms with Crippen molar-refractivity contribution >= 4 is 0 Å². The highest BCUT2D eigenvalue weighted by Gasteiger charge is 2.03. The van der Waals surface area contributed by atoms with E-state index < -0.39 is 0 Å². The molecule has 0 fully saturated rings. The first-order valence-corrected chi connectivity index (χ1v) is 6.44. The van der Waals surface area contributed by atoms with Crippen LogP contribution in [0.3, 0.4) is 0 Å². The monoisotopic (exact) mass is 228 g/mol. The van der Waals surface area contributed by atoms with Crippen molar-refractivity contribution in [2.24, 2.45) is 0 Å². The maximum Gasteiger partial charge on any atom is 0.104 e. The summed E-state index contributed by atoms with van der Waals surface area (Å²) in [4.78, 5) is 0. The average Bonchev–Trinajstić information content (AvgIpc) is 2.79. The standard InChI is InChI=1S/C16H20O/c1-3-4-5-6-16-11-15(12-17-16)14-9-7-13(2)8-10-14/h7-12H,3-6H2,1-2H3. The quantitative estimate of drug-likeness (QED) is 0.657. The van der Waals surface area contributed by atoms with Crippen molar-refractivity contribution in [3.8, 4) is 11.1 Å². The third-order valence-electron chi connectivity index (χ3n) is 3.07. The molecule has 0 aliphatic rings. The minimum atomic E-state index is 1.06. The molecule has 90 valence electrons. The molecule has 1 heteroatoms. The molecule has 1 aromatic heterocycles. The molecular weight excluding hydrogens is 208 g/mol.